The van der Waals surface area contributed by atoms with Crippen molar-refractivity contribution in [1.29, 1.82) is 5.41 Å². The van der Waals surface area contributed by atoms with Crippen LogP contribution in [-0.2, 0) is 0 Å². The monoisotopic (exact) mass is 301 g/mol. The molecule has 2 N–H and O–H groups in total. The molecule has 0 aliphatic carbocycles. The molecule has 1 heterocycles. The van der Waals surface area contributed by atoms with Crippen LogP contribution in [0.3, 0.4) is 0 Å². The number of amidine groups is 1. The van der Waals surface area contributed by atoms with Crippen molar-refractivity contribution in [2.75, 3.05) is 24.5 Å². The average Bonchev–Trinajstić information content (AvgIpc) is 2.83. The molecule has 1 aromatic rings. The molecule has 5 nitrogen and oxygen atoms in total. The Balaban J connectivity index is 2.15. The molecule has 22 heavy (non-hydrogen) atoms. The molecule has 0 unspecified atom stereocenters. The third-order valence-corrected chi connectivity index (χ3v) is 3.81. The lowest BCUT2D eigenvalue weighted by Gasteiger charge is -2.32. The van der Waals surface area contributed by atoms with Crippen LogP contribution in [0.25, 0.3) is 0 Å². The second kappa shape index (κ2) is 6.48. The Kier molecular flexibility index (Phi) is 4.86. The van der Waals surface area contributed by atoms with Crippen molar-refractivity contribution in [3.05, 3.63) is 24.3 Å². The smallest absolute Gasteiger partial charge is 0.159 e. The van der Waals surface area contributed by atoms with E-state index in [0.717, 1.165) is 24.5 Å². The van der Waals surface area contributed by atoms with E-state index in [-0.39, 0.29) is 5.54 Å². The molecule has 0 amide bonds. The van der Waals surface area contributed by atoms with Crippen molar-refractivity contribution < 1.29 is 0 Å². The van der Waals surface area contributed by atoms with Crippen LogP contribution >= 0.6 is 0 Å². The summed E-state index contributed by atoms with van der Waals surface area (Å²) in [5.74, 6) is 0.459. The van der Waals surface area contributed by atoms with E-state index in [1.165, 1.54) is 5.69 Å². The Morgan fingerprint density at radius 3 is 2.23 bits per heavy atom. The first kappa shape index (κ1) is 16.5. The van der Waals surface area contributed by atoms with Gasteiger partial charge in [-0.1, -0.05) is 0 Å². The standard InChI is InChI=1S/C17H27N5/c1-6-21(7-2)14-10-8-13(9-11-14)20-15-12-19-22(16(15)18)17(3,4)5/h8-11,18-19H,6-7,12H2,1-5H3. The molecule has 1 fully saturated rings. The number of anilines is 1. The predicted molar refractivity (Wildman–Crippen MR) is 94.4 cm³/mol. The Labute approximate surface area is 133 Å². The SMILES string of the molecule is CCN(CC)c1ccc(N=C2CNN(C(C)(C)C)C2=N)cc1. The van der Waals surface area contributed by atoms with Crippen molar-refractivity contribution in [3.63, 3.8) is 0 Å². The lowest BCUT2D eigenvalue weighted by Crippen LogP contribution is -2.48. The van der Waals surface area contributed by atoms with Gasteiger partial charge >= 0.3 is 0 Å². The third-order valence-electron chi connectivity index (χ3n) is 3.81. The highest BCUT2D eigenvalue weighted by Crippen LogP contribution is 2.21. The van der Waals surface area contributed by atoms with Crippen LogP contribution in [0.1, 0.15) is 34.6 Å². The lowest BCUT2D eigenvalue weighted by atomic mass is 10.1. The highest BCUT2D eigenvalue weighted by molar-refractivity contribution is 6.42. The molecule has 0 spiro atoms. The second-order valence-corrected chi connectivity index (χ2v) is 6.44. The van der Waals surface area contributed by atoms with Crippen LogP contribution in [0.5, 0.6) is 0 Å². The number of rotatable bonds is 4. The maximum Gasteiger partial charge on any atom is 0.159 e. The van der Waals surface area contributed by atoms with E-state index in [2.05, 4.69) is 62.1 Å². The topological polar surface area (TPSA) is 54.7 Å². The van der Waals surface area contributed by atoms with Crippen molar-refractivity contribution in [2.24, 2.45) is 4.99 Å². The molecule has 2 rings (SSSR count). The maximum absolute atomic E-state index is 8.26. The number of benzene rings is 1. The molecule has 1 saturated heterocycles. The minimum atomic E-state index is -0.124. The number of hydrogen-bond acceptors (Lipinski definition) is 4. The zero-order valence-corrected chi connectivity index (χ0v) is 14.3. The van der Waals surface area contributed by atoms with Crippen LogP contribution in [0, 0.1) is 5.41 Å². The summed E-state index contributed by atoms with van der Waals surface area (Å²) in [6.45, 7) is 13.2. The van der Waals surface area contributed by atoms with E-state index in [1.807, 2.05) is 17.1 Å². The number of hydrogen-bond donors (Lipinski definition) is 2. The van der Waals surface area contributed by atoms with Gasteiger partial charge in [-0.2, -0.15) is 0 Å². The lowest BCUT2D eigenvalue weighted by molar-refractivity contribution is 0.189. The minimum Gasteiger partial charge on any atom is -0.372 e. The van der Waals surface area contributed by atoms with Crippen molar-refractivity contribution in [3.8, 4) is 0 Å². The molecule has 1 aliphatic rings. The molecule has 0 saturated carbocycles. The zero-order chi connectivity index (χ0) is 16.3. The predicted octanol–water partition coefficient (Wildman–Crippen LogP) is 3.20. The summed E-state index contributed by atoms with van der Waals surface area (Å²) < 4.78 is 0. The fraction of sp³-hybridized carbons (Fsp3) is 0.529. The van der Waals surface area contributed by atoms with E-state index >= 15 is 0 Å². The molecule has 1 aliphatic heterocycles. The van der Waals surface area contributed by atoms with E-state index in [0.29, 0.717) is 12.4 Å². The van der Waals surface area contributed by atoms with E-state index in [4.69, 9.17) is 5.41 Å². The fourth-order valence-corrected chi connectivity index (χ4v) is 2.59. The molecule has 1 aromatic carbocycles. The number of hydrazine groups is 1. The molecular weight excluding hydrogens is 274 g/mol. The van der Waals surface area contributed by atoms with Gasteiger partial charge in [-0.3, -0.25) is 10.4 Å². The molecule has 120 valence electrons. The second-order valence-electron chi connectivity index (χ2n) is 6.44. The number of nitrogens with zero attached hydrogens (tertiary/aromatic N) is 3. The van der Waals surface area contributed by atoms with E-state index < -0.39 is 0 Å². The Bertz CT molecular complexity index is 549. The van der Waals surface area contributed by atoms with E-state index in [9.17, 15) is 0 Å². The quantitative estimate of drug-likeness (QED) is 0.898. The molecule has 0 radical (unpaired) electrons. The van der Waals surface area contributed by atoms with Gasteiger partial charge < -0.3 is 4.90 Å². The van der Waals surface area contributed by atoms with Crippen molar-refractivity contribution in [2.45, 2.75) is 40.2 Å². The van der Waals surface area contributed by atoms with Crippen LogP contribution in [-0.4, -0.2) is 41.7 Å². The first-order valence-electron chi connectivity index (χ1n) is 7.92. The van der Waals surface area contributed by atoms with Crippen LogP contribution in [0.15, 0.2) is 29.3 Å². The summed E-state index contributed by atoms with van der Waals surface area (Å²) in [5, 5.41) is 10.1. The van der Waals surface area contributed by atoms with Gasteiger partial charge in [0.15, 0.2) is 5.84 Å². The Hall–Kier alpha value is -1.88. The van der Waals surface area contributed by atoms with Gasteiger partial charge in [-0.25, -0.2) is 10.4 Å². The molecule has 5 heteroatoms. The fourth-order valence-electron chi connectivity index (χ4n) is 2.59. The molecule has 0 bridgehead atoms. The summed E-state index contributed by atoms with van der Waals surface area (Å²) in [6, 6.07) is 8.24. The summed E-state index contributed by atoms with van der Waals surface area (Å²) in [5.41, 5.74) is 6.00. The van der Waals surface area contributed by atoms with Crippen LogP contribution < -0.4 is 10.3 Å². The normalized spacial score (nSPS) is 17.4. The Morgan fingerprint density at radius 2 is 1.77 bits per heavy atom. The van der Waals surface area contributed by atoms with Crippen LogP contribution in [0.2, 0.25) is 0 Å². The first-order chi connectivity index (χ1) is 10.4. The van der Waals surface area contributed by atoms with Gasteiger partial charge in [0.2, 0.25) is 0 Å². The molecular formula is C17H27N5. The Morgan fingerprint density at radius 1 is 1.18 bits per heavy atom. The zero-order valence-electron chi connectivity index (χ0n) is 14.3. The summed E-state index contributed by atoms with van der Waals surface area (Å²) in [7, 11) is 0. The van der Waals surface area contributed by atoms with Crippen molar-refractivity contribution in [1.82, 2.24) is 10.4 Å². The van der Waals surface area contributed by atoms with Crippen LogP contribution in [0.4, 0.5) is 11.4 Å². The highest BCUT2D eigenvalue weighted by atomic mass is 15.6. The minimum absolute atomic E-state index is 0.124. The molecule has 0 aromatic heterocycles. The van der Waals surface area contributed by atoms with Gasteiger partial charge in [-0.05, 0) is 58.9 Å². The van der Waals surface area contributed by atoms with Gasteiger partial charge in [0.05, 0.1) is 17.9 Å². The number of aliphatic imine (C=N–C) groups is 1. The van der Waals surface area contributed by atoms with Crippen molar-refractivity contribution >= 4 is 22.9 Å². The van der Waals surface area contributed by atoms with Gasteiger partial charge in [0, 0.05) is 24.3 Å². The molecule has 0 atom stereocenters. The average molecular weight is 301 g/mol. The number of nitrogens with one attached hydrogen (secondary N) is 2. The highest BCUT2D eigenvalue weighted by Gasteiger charge is 2.32. The summed E-state index contributed by atoms with van der Waals surface area (Å²) >= 11 is 0. The van der Waals surface area contributed by atoms with Gasteiger partial charge in [0.1, 0.15) is 0 Å². The maximum atomic E-state index is 8.26. The van der Waals surface area contributed by atoms with Gasteiger partial charge in [0.25, 0.3) is 0 Å². The largest absolute Gasteiger partial charge is 0.372 e. The first-order valence-corrected chi connectivity index (χ1v) is 7.92. The van der Waals surface area contributed by atoms with E-state index in [1.54, 1.807) is 0 Å². The summed E-state index contributed by atoms with van der Waals surface area (Å²) in [6.07, 6.45) is 0. The summed E-state index contributed by atoms with van der Waals surface area (Å²) in [4.78, 5) is 6.93. The van der Waals surface area contributed by atoms with Gasteiger partial charge in [-0.15, -0.1) is 0 Å². The third kappa shape index (κ3) is 3.47.